The summed E-state index contributed by atoms with van der Waals surface area (Å²) in [5.41, 5.74) is 0. The molecule has 6 heteroatoms. The van der Waals surface area contributed by atoms with E-state index >= 15 is 0 Å². The highest BCUT2D eigenvalue weighted by molar-refractivity contribution is 7.10. The highest BCUT2D eigenvalue weighted by Crippen LogP contribution is 2.27. The number of amides is 3. The van der Waals surface area contributed by atoms with E-state index in [9.17, 15) is 9.59 Å². The van der Waals surface area contributed by atoms with E-state index in [-0.39, 0.29) is 18.0 Å². The number of rotatable bonds is 2. The van der Waals surface area contributed by atoms with Gasteiger partial charge in [-0.25, -0.2) is 4.79 Å². The van der Waals surface area contributed by atoms with Crippen LogP contribution in [0.1, 0.15) is 24.8 Å². The lowest BCUT2D eigenvalue weighted by Crippen LogP contribution is -2.55. The molecule has 0 spiro atoms. The maximum atomic E-state index is 12.1. The van der Waals surface area contributed by atoms with Gasteiger partial charge in [-0.15, -0.1) is 11.3 Å². The van der Waals surface area contributed by atoms with Crippen molar-refractivity contribution in [1.82, 2.24) is 15.5 Å². The molecule has 18 heavy (non-hydrogen) atoms. The Labute approximate surface area is 110 Å². The second-order valence-corrected chi connectivity index (χ2v) is 5.49. The first-order chi connectivity index (χ1) is 8.59. The second-order valence-electron chi connectivity index (χ2n) is 4.51. The average molecular weight is 267 g/mol. The van der Waals surface area contributed by atoms with Gasteiger partial charge in [-0.05, 0) is 25.3 Å². The number of nitrogens with zero attached hydrogens (tertiary/aromatic N) is 1. The zero-order valence-corrected chi connectivity index (χ0v) is 11.3. The van der Waals surface area contributed by atoms with E-state index in [0.29, 0.717) is 13.1 Å². The molecule has 2 N–H and O–H groups in total. The molecule has 0 aromatic carbocycles. The van der Waals surface area contributed by atoms with Gasteiger partial charge in [-0.2, -0.15) is 0 Å². The molecule has 1 aromatic rings. The Morgan fingerprint density at radius 2 is 2.39 bits per heavy atom. The standard InChI is InChI=1S/C12H17N3O2S/c1-8(2)14-12(17)15-6-5-13-11(16)10(15)9-4-3-7-18-9/h3-4,7-8,10H,5-6H2,1-2H3,(H,13,16)(H,14,17). The smallest absolute Gasteiger partial charge is 0.318 e. The van der Waals surface area contributed by atoms with Crippen molar-refractivity contribution < 1.29 is 9.59 Å². The van der Waals surface area contributed by atoms with Crippen LogP contribution in [0, 0.1) is 0 Å². The first-order valence-electron chi connectivity index (χ1n) is 5.98. The van der Waals surface area contributed by atoms with Crippen LogP contribution in [-0.4, -0.2) is 36.0 Å². The van der Waals surface area contributed by atoms with Gasteiger partial charge in [0.2, 0.25) is 5.91 Å². The largest absolute Gasteiger partial charge is 0.352 e. The molecule has 5 nitrogen and oxygen atoms in total. The highest BCUT2D eigenvalue weighted by atomic mass is 32.1. The van der Waals surface area contributed by atoms with Crippen molar-refractivity contribution in [1.29, 1.82) is 0 Å². The minimum atomic E-state index is -0.502. The van der Waals surface area contributed by atoms with Gasteiger partial charge in [0, 0.05) is 24.0 Å². The van der Waals surface area contributed by atoms with Gasteiger partial charge in [0.1, 0.15) is 6.04 Å². The quantitative estimate of drug-likeness (QED) is 0.849. The summed E-state index contributed by atoms with van der Waals surface area (Å²) in [7, 11) is 0. The molecule has 0 radical (unpaired) electrons. The topological polar surface area (TPSA) is 61.4 Å². The van der Waals surface area contributed by atoms with Crippen LogP contribution in [0.2, 0.25) is 0 Å². The number of carbonyl (C=O) groups excluding carboxylic acids is 2. The molecule has 1 atom stereocenters. The van der Waals surface area contributed by atoms with E-state index in [1.165, 1.54) is 11.3 Å². The number of urea groups is 1. The third-order valence-electron chi connectivity index (χ3n) is 2.70. The third kappa shape index (κ3) is 2.64. The van der Waals surface area contributed by atoms with Gasteiger partial charge in [0.15, 0.2) is 0 Å². The van der Waals surface area contributed by atoms with E-state index in [1.807, 2.05) is 31.4 Å². The van der Waals surface area contributed by atoms with Crippen LogP contribution in [0.3, 0.4) is 0 Å². The summed E-state index contributed by atoms with van der Waals surface area (Å²) in [4.78, 5) is 26.6. The Morgan fingerprint density at radius 1 is 1.61 bits per heavy atom. The summed E-state index contributed by atoms with van der Waals surface area (Å²) in [6.07, 6.45) is 0. The van der Waals surface area contributed by atoms with Crippen molar-refractivity contribution in [2.24, 2.45) is 0 Å². The number of hydrogen-bond acceptors (Lipinski definition) is 3. The Morgan fingerprint density at radius 3 is 3.00 bits per heavy atom. The fourth-order valence-electron chi connectivity index (χ4n) is 1.95. The predicted octanol–water partition coefficient (Wildman–Crippen LogP) is 1.34. The fourth-order valence-corrected chi connectivity index (χ4v) is 2.78. The monoisotopic (exact) mass is 267 g/mol. The van der Waals surface area contributed by atoms with Crippen molar-refractivity contribution in [2.45, 2.75) is 25.9 Å². The molecule has 0 aliphatic carbocycles. The van der Waals surface area contributed by atoms with Gasteiger partial charge < -0.3 is 15.5 Å². The number of hydrogen-bond donors (Lipinski definition) is 2. The van der Waals surface area contributed by atoms with Crippen molar-refractivity contribution >= 4 is 23.3 Å². The van der Waals surface area contributed by atoms with Gasteiger partial charge in [0.05, 0.1) is 0 Å². The summed E-state index contributed by atoms with van der Waals surface area (Å²) in [5, 5.41) is 7.55. The lowest BCUT2D eigenvalue weighted by Gasteiger charge is -2.34. The number of thiophene rings is 1. The average Bonchev–Trinajstić information content (AvgIpc) is 2.80. The maximum Gasteiger partial charge on any atom is 0.318 e. The van der Waals surface area contributed by atoms with E-state index in [0.717, 1.165) is 4.88 Å². The molecule has 0 bridgehead atoms. The Balaban J connectivity index is 2.20. The molecule has 98 valence electrons. The van der Waals surface area contributed by atoms with Crippen LogP contribution in [-0.2, 0) is 4.79 Å². The molecule has 0 saturated carbocycles. The van der Waals surface area contributed by atoms with Crippen LogP contribution < -0.4 is 10.6 Å². The lowest BCUT2D eigenvalue weighted by atomic mass is 10.1. The summed E-state index contributed by atoms with van der Waals surface area (Å²) >= 11 is 1.49. The molecular formula is C12H17N3O2S. The summed E-state index contributed by atoms with van der Waals surface area (Å²) in [6.45, 7) is 4.85. The summed E-state index contributed by atoms with van der Waals surface area (Å²) < 4.78 is 0. The number of carbonyl (C=O) groups is 2. The van der Waals surface area contributed by atoms with E-state index < -0.39 is 6.04 Å². The van der Waals surface area contributed by atoms with Crippen molar-refractivity contribution in [2.75, 3.05) is 13.1 Å². The van der Waals surface area contributed by atoms with Gasteiger partial charge in [-0.3, -0.25) is 4.79 Å². The number of piperazine rings is 1. The first kappa shape index (κ1) is 12.9. The molecule has 1 saturated heterocycles. The van der Waals surface area contributed by atoms with Crippen molar-refractivity contribution in [3.8, 4) is 0 Å². The molecule has 2 rings (SSSR count). The number of nitrogens with one attached hydrogen (secondary N) is 2. The van der Waals surface area contributed by atoms with Crippen LogP contribution in [0.15, 0.2) is 17.5 Å². The van der Waals surface area contributed by atoms with Crippen molar-refractivity contribution in [3.05, 3.63) is 22.4 Å². The van der Waals surface area contributed by atoms with Crippen LogP contribution >= 0.6 is 11.3 Å². The van der Waals surface area contributed by atoms with E-state index in [1.54, 1.807) is 4.90 Å². The minimum Gasteiger partial charge on any atom is -0.352 e. The second kappa shape index (κ2) is 5.39. The van der Waals surface area contributed by atoms with Crippen LogP contribution in [0.4, 0.5) is 4.79 Å². The van der Waals surface area contributed by atoms with Gasteiger partial charge in [0.25, 0.3) is 0 Å². The molecular weight excluding hydrogens is 250 g/mol. The molecule has 1 aliphatic heterocycles. The van der Waals surface area contributed by atoms with Crippen LogP contribution in [0.25, 0.3) is 0 Å². The summed E-state index contributed by atoms with van der Waals surface area (Å²) in [5.74, 6) is -0.109. The summed E-state index contributed by atoms with van der Waals surface area (Å²) in [6, 6.07) is 3.15. The van der Waals surface area contributed by atoms with E-state index in [2.05, 4.69) is 10.6 Å². The zero-order valence-electron chi connectivity index (χ0n) is 10.5. The van der Waals surface area contributed by atoms with Gasteiger partial charge >= 0.3 is 6.03 Å². The molecule has 3 amide bonds. The molecule has 1 aromatic heterocycles. The maximum absolute atomic E-state index is 12.1. The van der Waals surface area contributed by atoms with Crippen molar-refractivity contribution in [3.63, 3.8) is 0 Å². The SMILES string of the molecule is CC(C)NC(=O)N1CCNC(=O)C1c1cccs1. The minimum absolute atomic E-state index is 0.0615. The molecule has 1 aliphatic rings. The Hall–Kier alpha value is -1.56. The normalized spacial score (nSPS) is 19.8. The fraction of sp³-hybridized carbons (Fsp3) is 0.500. The highest BCUT2D eigenvalue weighted by Gasteiger charge is 2.35. The van der Waals surface area contributed by atoms with Gasteiger partial charge in [-0.1, -0.05) is 6.07 Å². The third-order valence-corrected chi connectivity index (χ3v) is 3.62. The molecule has 1 unspecified atom stereocenters. The lowest BCUT2D eigenvalue weighted by molar-refractivity contribution is -0.127. The molecule has 2 heterocycles. The molecule has 1 fully saturated rings. The Bertz CT molecular complexity index is 431. The first-order valence-corrected chi connectivity index (χ1v) is 6.86. The van der Waals surface area contributed by atoms with E-state index in [4.69, 9.17) is 0 Å². The zero-order chi connectivity index (χ0) is 13.1. The predicted molar refractivity (Wildman–Crippen MR) is 70.4 cm³/mol. The van der Waals surface area contributed by atoms with Crippen LogP contribution in [0.5, 0.6) is 0 Å². The Kier molecular flexibility index (Phi) is 3.86.